The van der Waals surface area contributed by atoms with Gasteiger partial charge in [0.1, 0.15) is 17.8 Å². The van der Waals surface area contributed by atoms with Crippen LogP contribution in [-0.2, 0) is 0 Å². The third-order valence-corrected chi connectivity index (χ3v) is 5.71. The normalized spacial score (nSPS) is 10.7. The van der Waals surface area contributed by atoms with E-state index >= 15 is 0 Å². The highest BCUT2D eigenvalue weighted by Crippen LogP contribution is 2.39. The Morgan fingerprint density at radius 2 is 1.56 bits per heavy atom. The summed E-state index contributed by atoms with van der Waals surface area (Å²) in [7, 11) is 0. The number of nitrogens with zero attached hydrogens (tertiary/aromatic N) is 4. The van der Waals surface area contributed by atoms with Crippen molar-refractivity contribution in [1.82, 2.24) is 9.97 Å². The molecule has 0 saturated carbocycles. The van der Waals surface area contributed by atoms with E-state index in [1.54, 1.807) is 24.3 Å². The smallest absolute Gasteiger partial charge is 0.354 e. The van der Waals surface area contributed by atoms with Gasteiger partial charge in [-0.15, -0.1) is 0 Å². The van der Waals surface area contributed by atoms with Crippen molar-refractivity contribution in [2.75, 3.05) is 16.8 Å². The van der Waals surface area contributed by atoms with Gasteiger partial charge < -0.3 is 15.0 Å². The molecular weight excluding hydrogens is 454 g/mol. The second-order valence-corrected chi connectivity index (χ2v) is 7.96. The molecule has 4 aromatic carbocycles. The summed E-state index contributed by atoms with van der Waals surface area (Å²) in [5, 5.41) is 17.3. The van der Waals surface area contributed by atoms with Crippen molar-refractivity contribution in [3.63, 3.8) is 0 Å². The van der Waals surface area contributed by atoms with Crippen LogP contribution in [0.5, 0.6) is 11.5 Å². The molecule has 0 atom stereocenters. The zero-order valence-electron chi connectivity index (χ0n) is 19.5. The molecule has 0 aliphatic rings. The van der Waals surface area contributed by atoms with Crippen LogP contribution in [0.1, 0.15) is 6.92 Å². The first kappa shape index (κ1) is 22.8. The van der Waals surface area contributed by atoms with Crippen molar-refractivity contribution >= 4 is 39.5 Å². The number of fused-ring (bicyclic) bond motifs is 1. The lowest BCUT2D eigenvalue weighted by atomic mass is 10.1. The summed E-state index contributed by atoms with van der Waals surface area (Å²) in [6, 6.07) is 30.4. The van der Waals surface area contributed by atoms with Crippen molar-refractivity contribution in [2.45, 2.75) is 6.92 Å². The molecule has 0 aliphatic carbocycles. The van der Waals surface area contributed by atoms with E-state index in [0.29, 0.717) is 18.0 Å². The molecule has 0 aliphatic heterocycles. The molecule has 178 valence electrons. The van der Waals surface area contributed by atoms with Crippen molar-refractivity contribution in [1.29, 1.82) is 0 Å². The molecule has 1 heterocycles. The summed E-state index contributed by atoms with van der Waals surface area (Å²) in [6.07, 6.45) is 1.34. The summed E-state index contributed by atoms with van der Waals surface area (Å²) in [6.45, 7) is 2.42. The van der Waals surface area contributed by atoms with Gasteiger partial charge in [-0.05, 0) is 54.8 Å². The van der Waals surface area contributed by atoms with Crippen LogP contribution in [0.3, 0.4) is 0 Å². The fourth-order valence-corrected chi connectivity index (χ4v) is 4.07. The highest BCUT2D eigenvalue weighted by molar-refractivity contribution is 5.97. The second-order valence-electron chi connectivity index (χ2n) is 7.96. The number of ether oxygens (including phenoxy) is 1. The fraction of sp³-hybridized carbons (Fsp3) is 0.0714. The fourth-order valence-electron chi connectivity index (χ4n) is 4.07. The first-order chi connectivity index (χ1) is 17.6. The van der Waals surface area contributed by atoms with Gasteiger partial charge in [-0.3, -0.25) is 10.1 Å². The Balaban J connectivity index is 1.48. The lowest BCUT2D eigenvalue weighted by molar-refractivity contribution is -0.383. The first-order valence-electron chi connectivity index (χ1n) is 11.5. The second kappa shape index (κ2) is 10.1. The molecule has 5 rings (SSSR count). The van der Waals surface area contributed by atoms with Gasteiger partial charge in [-0.2, -0.15) is 0 Å². The van der Waals surface area contributed by atoms with Crippen LogP contribution in [0, 0.1) is 10.1 Å². The minimum atomic E-state index is -0.446. The van der Waals surface area contributed by atoms with Gasteiger partial charge in [0.25, 0.3) is 0 Å². The predicted molar refractivity (Wildman–Crippen MR) is 142 cm³/mol. The largest absolute Gasteiger partial charge is 0.457 e. The van der Waals surface area contributed by atoms with Gasteiger partial charge in [0, 0.05) is 17.6 Å². The van der Waals surface area contributed by atoms with Crippen LogP contribution < -0.4 is 15.0 Å². The van der Waals surface area contributed by atoms with E-state index in [1.807, 2.05) is 84.6 Å². The SMILES string of the molecule is CCN(c1ncnc(Nc2ccc(Oc3ccccc3)cc2)c1[N+](=O)[O-])c1cccc2ccccc12. The third kappa shape index (κ3) is 4.65. The van der Waals surface area contributed by atoms with E-state index in [1.165, 1.54) is 6.33 Å². The molecule has 0 amide bonds. The highest BCUT2D eigenvalue weighted by atomic mass is 16.6. The number of nitrogens with one attached hydrogen (secondary N) is 1. The zero-order valence-corrected chi connectivity index (χ0v) is 19.5. The van der Waals surface area contributed by atoms with E-state index in [0.717, 1.165) is 22.2 Å². The van der Waals surface area contributed by atoms with Crippen LogP contribution in [0.25, 0.3) is 10.8 Å². The number of anilines is 4. The van der Waals surface area contributed by atoms with Gasteiger partial charge in [0.05, 0.1) is 10.6 Å². The number of benzene rings is 4. The van der Waals surface area contributed by atoms with E-state index in [4.69, 9.17) is 4.74 Å². The maximum atomic E-state index is 12.2. The highest BCUT2D eigenvalue weighted by Gasteiger charge is 2.28. The molecule has 8 heteroatoms. The Morgan fingerprint density at radius 3 is 2.31 bits per heavy atom. The summed E-state index contributed by atoms with van der Waals surface area (Å²) in [4.78, 5) is 22.2. The average Bonchev–Trinajstić information content (AvgIpc) is 2.91. The quantitative estimate of drug-likeness (QED) is 0.186. The van der Waals surface area contributed by atoms with Crippen molar-refractivity contribution in [2.24, 2.45) is 0 Å². The number of nitro groups is 1. The van der Waals surface area contributed by atoms with Gasteiger partial charge in [-0.25, -0.2) is 9.97 Å². The zero-order chi connectivity index (χ0) is 24.9. The number of rotatable bonds is 8. The first-order valence-corrected chi connectivity index (χ1v) is 11.5. The predicted octanol–water partition coefficient (Wildman–Crippen LogP) is 7.23. The molecule has 0 saturated heterocycles. The third-order valence-electron chi connectivity index (χ3n) is 5.71. The molecule has 0 bridgehead atoms. The molecule has 8 nitrogen and oxygen atoms in total. The van der Waals surface area contributed by atoms with Crippen LogP contribution >= 0.6 is 0 Å². The molecule has 1 N–H and O–H groups in total. The summed E-state index contributed by atoms with van der Waals surface area (Å²) < 4.78 is 5.83. The molecule has 5 aromatic rings. The topological polar surface area (TPSA) is 93.4 Å². The number of hydrogen-bond donors (Lipinski definition) is 1. The minimum Gasteiger partial charge on any atom is -0.457 e. The molecule has 0 fully saturated rings. The maximum Gasteiger partial charge on any atom is 0.354 e. The summed E-state index contributed by atoms with van der Waals surface area (Å²) >= 11 is 0. The van der Waals surface area contributed by atoms with Crippen LogP contribution in [-0.4, -0.2) is 21.4 Å². The minimum absolute atomic E-state index is 0.111. The number of hydrogen-bond acceptors (Lipinski definition) is 7. The molecule has 0 spiro atoms. The van der Waals surface area contributed by atoms with Gasteiger partial charge in [0.2, 0.25) is 11.6 Å². The van der Waals surface area contributed by atoms with Gasteiger partial charge in [0.15, 0.2) is 0 Å². The van der Waals surface area contributed by atoms with Crippen LogP contribution in [0.15, 0.2) is 103 Å². The molecular formula is C28H23N5O3. The molecule has 0 radical (unpaired) electrons. The lowest BCUT2D eigenvalue weighted by Crippen LogP contribution is -2.20. The maximum absolute atomic E-state index is 12.2. The monoisotopic (exact) mass is 477 g/mol. The Bertz CT molecular complexity index is 1500. The van der Waals surface area contributed by atoms with E-state index in [-0.39, 0.29) is 17.3 Å². The van der Waals surface area contributed by atoms with Crippen molar-refractivity contribution < 1.29 is 9.66 Å². The van der Waals surface area contributed by atoms with Crippen molar-refractivity contribution in [3.05, 3.63) is 114 Å². The van der Waals surface area contributed by atoms with Crippen molar-refractivity contribution in [3.8, 4) is 11.5 Å². The van der Waals surface area contributed by atoms with Crippen LogP contribution in [0.4, 0.5) is 28.7 Å². The van der Waals surface area contributed by atoms with Crippen LogP contribution in [0.2, 0.25) is 0 Å². The van der Waals surface area contributed by atoms with E-state index in [9.17, 15) is 10.1 Å². The summed E-state index contributed by atoms with van der Waals surface area (Å²) in [5.74, 6) is 1.71. The Labute approximate surface area is 208 Å². The summed E-state index contributed by atoms with van der Waals surface area (Å²) in [5.41, 5.74) is 1.28. The Morgan fingerprint density at radius 1 is 0.861 bits per heavy atom. The standard InChI is InChI=1S/C28H23N5O3/c1-2-32(25-14-8-10-20-9-6-7-13-24(20)25)28-26(33(34)35)27(29-19-30-28)31-21-15-17-23(18-16-21)36-22-11-4-3-5-12-22/h3-19H,2H2,1H3,(H,29,30,31). The molecule has 1 aromatic heterocycles. The van der Waals surface area contributed by atoms with Gasteiger partial charge in [-0.1, -0.05) is 54.6 Å². The number of para-hydroxylation sites is 1. The van der Waals surface area contributed by atoms with E-state index < -0.39 is 4.92 Å². The number of aromatic nitrogens is 2. The van der Waals surface area contributed by atoms with E-state index in [2.05, 4.69) is 15.3 Å². The molecule has 36 heavy (non-hydrogen) atoms. The lowest BCUT2D eigenvalue weighted by Gasteiger charge is -2.24. The Hall–Kier alpha value is -4.98. The van der Waals surface area contributed by atoms with Gasteiger partial charge >= 0.3 is 5.69 Å². The Kier molecular flexibility index (Phi) is 6.40. The average molecular weight is 478 g/mol. The molecule has 0 unspecified atom stereocenters.